The third-order valence-corrected chi connectivity index (χ3v) is 13.5. The molecule has 3 aromatic carbocycles. The molecule has 12 nitrogen and oxygen atoms in total. The van der Waals surface area contributed by atoms with Gasteiger partial charge in [-0.25, -0.2) is 4.79 Å². The number of likely N-dealkylation sites (N-methyl/N-ethyl adjacent to an activating group) is 1. The van der Waals surface area contributed by atoms with Crippen molar-refractivity contribution in [1.29, 1.82) is 0 Å². The SMILES string of the molecule is CC[C@@H]1OC(=O)C(C)(Cc2c3ccccc3cc3ccccc23)C(=O)[C@H](C)[C@@H](OC2O[C@H](C)C[C@H](N(C)C)[C@H]2O)[C@@](C)(OC)C[C@@H](C)C(=O)[C@@H](C)C2NC(=O)OC21C. The van der Waals surface area contributed by atoms with Crippen LogP contribution in [0.4, 0.5) is 4.79 Å². The second-order valence-corrected chi connectivity index (χ2v) is 17.9. The number of nitrogens with zero attached hydrogens (tertiary/aromatic N) is 1. The maximum atomic E-state index is 15.7. The van der Waals surface area contributed by atoms with Gasteiger partial charge in [0.2, 0.25) is 0 Å². The number of rotatable bonds is 7. The summed E-state index contributed by atoms with van der Waals surface area (Å²) in [6, 6.07) is 16.7. The Morgan fingerprint density at radius 1 is 0.914 bits per heavy atom. The van der Waals surface area contributed by atoms with Crippen molar-refractivity contribution in [3.63, 3.8) is 0 Å². The standard InChI is InChI=1S/C46H62N2O10/c1-12-35-46(8)38(47-43(53)58-46)27(4)36(49)25(2)23-45(7,54-11)40(57-41-37(50)34(48(9)10)21-26(3)55-41)28(5)39(51)44(6,42(52)56-35)24-33-31-19-15-13-17-29(31)22-30-18-14-16-20-32(30)33/h13-20,22,25-28,34-35,37-38,40-41,50H,12,21,23-24H2,1-11H3,(H,47,53)/t25-,26-,27-,28+,34+,35+,37-,38?,40-,41?,44?,45+,46?/m1/s1. The first-order valence-electron chi connectivity index (χ1n) is 20.7. The van der Waals surface area contributed by atoms with Gasteiger partial charge in [-0.15, -0.1) is 0 Å². The predicted molar refractivity (Wildman–Crippen MR) is 220 cm³/mol. The third kappa shape index (κ3) is 7.78. The second-order valence-electron chi connectivity index (χ2n) is 17.9. The van der Waals surface area contributed by atoms with Crippen LogP contribution in [0.1, 0.15) is 80.2 Å². The summed E-state index contributed by atoms with van der Waals surface area (Å²) in [5, 5.41) is 18.2. The monoisotopic (exact) mass is 802 g/mol. The van der Waals surface area contributed by atoms with Crippen LogP contribution < -0.4 is 5.32 Å². The molecule has 3 aromatic rings. The average molecular weight is 803 g/mol. The Hall–Kier alpha value is -3.94. The summed E-state index contributed by atoms with van der Waals surface area (Å²) in [6.07, 6.45) is -4.54. The molecule has 58 heavy (non-hydrogen) atoms. The first-order valence-corrected chi connectivity index (χ1v) is 20.7. The molecule has 3 aliphatic rings. The van der Waals surface area contributed by atoms with Crippen molar-refractivity contribution in [3.05, 3.63) is 60.2 Å². The molecular formula is C46H62N2O10. The summed E-state index contributed by atoms with van der Waals surface area (Å²) < 4.78 is 31.8. The molecule has 3 heterocycles. The maximum absolute atomic E-state index is 15.7. The number of carbonyl (C=O) groups is 4. The van der Waals surface area contributed by atoms with Crippen LogP contribution in [0.25, 0.3) is 21.5 Å². The van der Waals surface area contributed by atoms with E-state index in [1.54, 1.807) is 41.5 Å². The minimum absolute atomic E-state index is 0.0323. The van der Waals surface area contributed by atoms with E-state index in [2.05, 4.69) is 11.4 Å². The lowest BCUT2D eigenvalue weighted by atomic mass is 9.69. The van der Waals surface area contributed by atoms with Gasteiger partial charge < -0.3 is 39.0 Å². The van der Waals surface area contributed by atoms with Gasteiger partial charge in [-0.2, -0.15) is 0 Å². The summed E-state index contributed by atoms with van der Waals surface area (Å²) in [4.78, 5) is 60.3. The van der Waals surface area contributed by atoms with Crippen LogP contribution in [0.3, 0.4) is 0 Å². The Morgan fingerprint density at radius 2 is 1.52 bits per heavy atom. The van der Waals surface area contributed by atoms with E-state index in [0.717, 1.165) is 27.1 Å². The first kappa shape index (κ1) is 43.6. The Kier molecular flexibility index (Phi) is 12.5. The zero-order valence-electron chi connectivity index (χ0n) is 35.9. The Morgan fingerprint density at radius 3 is 2.09 bits per heavy atom. The number of methoxy groups -OCH3 is 1. The Bertz CT molecular complexity index is 1980. The van der Waals surface area contributed by atoms with Gasteiger partial charge in [0.15, 0.2) is 17.7 Å². The molecule has 0 aromatic heterocycles. The highest BCUT2D eigenvalue weighted by molar-refractivity contribution is 6.08. The Balaban J connectivity index is 1.56. The number of hydrogen-bond acceptors (Lipinski definition) is 11. The maximum Gasteiger partial charge on any atom is 0.408 e. The van der Waals surface area contributed by atoms with E-state index in [-0.39, 0.29) is 37.2 Å². The number of fused-ring (bicyclic) bond motifs is 3. The topological polar surface area (TPSA) is 150 Å². The zero-order valence-corrected chi connectivity index (χ0v) is 35.9. The van der Waals surface area contributed by atoms with Crippen molar-refractivity contribution in [1.82, 2.24) is 10.2 Å². The fraction of sp³-hybridized carbons (Fsp3) is 0.609. The highest BCUT2D eigenvalue weighted by atomic mass is 16.7. The number of amides is 1. The molecule has 3 saturated heterocycles. The quantitative estimate of drug-likeness (QED) is 0.155. The van der Waals surface area contributed by atoms with Crippen molar-refractivity contribution in [2.75, 3.05) is 21.2 Å². The van der Waals surface area contributed by atoms with Crippen molar-refractivity contribution in [2.24, 2.45) is 23.2 Å². The summed E-state index contributed by atoms with van der Waals surface area (Å²) in [5.74, 6) is -3.93. The largest absolute Gasteiger partial charge is 0.457 e. The number of cyclic esters (lactones) is 1. The van der Waals surface area contributed by atoms with E-state index in [0.29, 0.717) is 6.42 Å². The number of alkyl carbamates (subject to hydrolysis) is 1. The smallest absolute Gasteiger partial charge is 0.408 e. The zero-order chi connectivity index (χ0) is 42.5. The van der Waals surface area contributed by atoms with Gasteiger partial charge in [-0.3, -0.25) is 14.4 Å². The summed E-state index contributed by atoms with van der Waals surface area (Å²) >= 11 is 0. The third-order valence-electron chi connectivity index (χ3n) is 13.5. The highest BCUT2D eigenvalue weighted by Gasteiger charge is 2.59. The molecule has 4 unspecified atom stereocenters. The van der Waals surface area contributed by atoms with Gasteiger partial charge in [-0.05, 0) is 101 Å². The van der Waals surface area contributed by atoms with Crippen LogP contribution in [-0.2, 0) is 44.5 Å². The number of Topliss-reactive ketones (excluding diaryl/α,β-unsaturated/α-hetero) is 2. The lowest BCUT2D eigenvalue weighted by molar-refractivity contribution is -0.295. The number of aliphatic hydroxyl groups excluding tert-OH is 1. The number of hydrogen-bond donors (Lipinski definition) is 2. The molecule has 2 N–H and O–H groups in total. The van der Waals surface area contributed by atoms with Crippen LogP contribution in [0.15, 0.2) is 54.6 Å². The van der Waals surface area contributed by atoms with Gasteiger partial charge in [-0.1, -0.05) is 76.2 Å². The second kappa shape index (κ2) is 16.6. The number of carbonyl (C=O) groups excluding carboxylic acids is 4. The van der Waals surface area contributed by atoms with Gasteiger partial charge in [0.25, 0.3) is 0 Å². The molecule has 0 bridgehead atoms. The number of ketones is 2. The molecule has 316 valence electrons. The molecule has 1 amide bonds. The van der Waals surface area contributed by atoms with Gasteiger partial charge in [0.05, 0.1) is 23.9 Å². The minimum Gasteiger partial charge on any atom is -0.457 e. The van der Waals surface area contributed by atoms with E-state index in [9.17, 15) is 14.7 Å². The Labute approximate surface area is 342 Å². The summed E-state index contributed by atoms with van der Waals surface area (Å²) in [7, 11) is 5.26. The molecule has 0 saturated carbocycles. The lowest BCUT2D eigenvalue weighted by Gasteiger charge is -2.47. The number of ether oxygens (including phenoxy) is 5. The lowest BCUT2D eigenvalue weighted by Crippen LogP contribution is -2.61. The molecule has 6 rings (SSSR count). The number of nitrogens with one attached hydrogen (secondary N) is 1. The molecule has 3 aliphatic heterocycles. The van der Waals surface area contributed by atoms with Gasteiger partial charge in [0.1, 0.15) is 23.4 Å². The first-order chi connectivity index (χ1) is 27.3. The van der Waals surface area contributed by atoms with Gasteiger partial charge in [0, 0.05) is 30.9 Å². The minimum atomic E-state index is -1.83. The molecule has 13 atom stereocenters. The van der Waals surface area contributed by atoms with Crippen molar-refractivity contribution in [2.45, 2.75) is 135 Å². The van der Waals surface area contributed by atoms with Crippen LogP contribution in [-0.4, -0.2) is 109 Å². The fourth-order valence-corrected chi connectivity index (χ4v) is 10.1. The average Bonchev–Trinajstić information content (AvgIpc) is 3.51. The van der Waals surface area contributed by atoms with E-state index < -0.39 is 82.9 Å². The van der Waals surface area contributed by atoms with Crippen LogP contribution in [0.5, 0.6) is 0 Å². The summed E-state index contributed by atoms with van der Waals surface area (Å²) in [5.41, 5.74) is -3.80. The normalized spacial score (nSPS) is 37.9. The molecule has 12 heteroatoms. The van der Waals surface area contributed by atoms with Crippen molar-refractivity contribution < 1.29 is 48.0 Å². The molecular weight excluding hydrogens is 741 g/mol. The van der Waals surface area contributed by atoms with Crippen molar-refractivity contribution >= 4 is 45.2 Å². The fourth-order valence-electron chi connectivity index (χ4n) is 10.1. The molecule has 0 radical (unpaired) electrons. The van der Waals surface area contributed by atoms with Crippen LogP contribution in [0.2, 0.25) is 0 Å². The van der Waals surface area contributed by atoms with E-state index in [4.69, 9.17) is 23.7 Å². The number of esters is 1. The predicted octanol–water partition coefficient (Wildman–Crippen LogP) is 6.40. The summed E-state index contributed by atoms with van der Waals surface area (Å²) in [6.45, 7) is 14.0. The van der Waals surface area contributed by atoms with E-state index >= 15 is 9.59 Å². The van der Waals surface area contributed by atoms with Crippen LogP contribution >= 0.6 is 0 Å². The van der Waals surface area contributed by atoms with Crippen molar-refractivity contribution in [3.8, 4) is 0 Å². The van der Waals surface area contributed by atoms with E-state index in [1.165, 1.54) is 7.11 Å². The number of benzene rings is 3. The van der Waals surface area contributed by atoms with E-state index in [1.807, 2.05) is 81.4 Å². The van der Waals surface area contributed by atoms with Crippen LogP contribution in [0, 0.1) is 23.2 Å². The van der Waals surface area contributed by atoms with Gasteiger partial charge >= 0.3 is 12.1 Å². The molecule has 0 aliphatic carbocycles. The highest BCUT2D eigenvalue weighted by Crippen LogP contribution is 2.44. The molecule has 0 spiro atoms. The number of aliphatic hydroxyl groups is 1. The molecule has 3 fully saturated rings.